The largest absolute Gasteiger partial charge is 0.481 e. The number of amides is 1. The second kappa shape index (κ2) is 8.06. The molecule has 2 fully saturated rings. The highest BCUT2D eigenvalue weighted by atomic mass is 32.2. The molecule has 0 radical (unpaired) electrons. The molecule has 1 aliphatic heterocycles. The lowest BCUT2D eigenvalue weighted by atomic mass is 9.77. The zero-order chi connectivity index (χ0) is 15.1. The molecule has 1 atom stereocenters. The van der Waals surface area contributed by atoms with Crippen molar-refractivity contribution >= 4 is 23.6 Å². The third-order valence-corrected chi connectivity index (χ3v) is 6.21. The molecule has 1 saturated heterocycles. The lowest BCUT2D eigenvalue weighted by Gasteiger charge is -2.28. The summed E-state index contributed by atoms with van der Waals surface area (Å²) < 4.78 is 0. The number of aliphatic carboxylic acids is 1. The van der Waals surface area contributed by atoms with Crippen LogP contribution in [0.4, 0.5) is 0 Å². The molecule has 1 heterocycles. The number of rotatable bonds is 5. The van der Waals surface area contributed by atoms with Gasteiger partial charge in [-0.15, -0.1) is 0 Å². The maximum atomic E-state index is 12.2. The van der Waals surface area contributed by atoms with Crippen LogP contribution in [0.2, 0.25) is 0 Å². The third-order valence-electron chi connectivity index (χ3n) is 4.81. The minimum Gasteiger partial charge on any atom is -0.481 e. The molecule has 0 aromatic rings. The van der Waals surface area contributed by atoms with E-state index in [4.69, 9.17) is 0 Å². The summed E-state index contributed by atoms with van der Waals surface area (Å²) in [6.45, 7) is 0.694. The van der Waals surface area contributed by atoms with Crippen molar-refractivity contribution in [2.24, 2.45) is 5.41 Å². The summed E-state index contributed by atoms with van der Waals surface area (Å²) in [4.78, 5) is 23.9. The van der Waals surface area contributed by atoms with Gasteiger partial charge < -0.3 is 10.4 Å². The first-order valence-corrected chi connectivity index (χ1v) is 9.29. The average Bonchev–Trinajstić information content (AvgIpc) is 2.73. The molecule has 1 amide bonds. The van der Waals surface area contributed by atoms with Crippen LogP contribution in [0.25, 0.3) is 0 Å². The second-order valence-corrected chi connectivity index (χ2v) is 7.88. The quantitative estimate of drug-likeness (QED) is 0.765. The van der Waals surface area contributed by atoms with Gasteiger partial charge in [-0.1, -0.05) is 32.1 Å². The molecule has 0 bridgehead atoms. The van der Waals surface area contributed by atoms with Gasteiger partial charge in [-0.2, -0.15) is 11.8 Å². The van der Waals surface area contributed by atoms with Gasteiger partial charge in [0.1, 0.15) is 0 Å². The van der Waals surface area contributed by atoms with Crippen molar-refractivity contribution in [2.45, 2.75) is 69.5 Å². The van der Waals surface area contributed by atoms with Crippen molar-refractivity contribution < 1.29 is 14.7 Å². The highest BCUT2D eigenvalue weighted by Gasteiger charge is 2.40. The van der Waals surface area contributed by atoms with E-state index in [-0.39, 0.29) is 12.3 Å². The predicted octanol–water partition coefficient (Wildman–Crippen LogP) is 3.20. The zero-order valence-corrected chi connectivity index (χ0v) is 13.6. The van der Waals surface area contributed by atoms with E-state index in [1.54, 1.807) is 0 Å². The molecule has 21 heavy (non-hydrogen) atoms. The van der Waals surface area contributed by atoms with E-state index < -0.39 is 11.4 Å². The van der Waals surface area contributed by atoms with Crippen LogP contribution in [-0.4, -0.2) is 34.5 Å². The van der Waals surface area contributed by atoms with Crippen molar-refractivity contribution in [3.63, 3.8) is 0 Å². The van der Waals surface area contributed by atoms with Gasteiger partial charge in [0.2, 0.25) is 5.91 Å². The molecule has 0 aromatic heterocycles. The predicted molar refractivity (Wildman–Crippen MR) is 85.5 cm³/mol. The fourth-order valence-electron chi connectivity index (χ4n) is 3.44. The first-order valence-electron chi connectivity index (χ1n) is 8.24. The van der Waals surface area contributed by atoms with Gasteiger partial charge in [-0.3, -0.25) is 9.59 Å². The Labute approximate surface area is 131 Å². The van der Waals surface area contributed by atoms with Crippen LogP contribution in [0.1, 0.15) is 64.2 Å². The van der Waals surface area contributed by atoms with Gasteiger partial charge >= 0.3 is 5.97 Å². The number of hydrogen-bond acceptors (Lipinski definition) is 3. The number of hydrogen-bond donors (Lipinski definition) is 2. The first kappa shape index (κ1) is 16.7. The van der Waals surface area contributed by atoms with Crippen LogP contribution >= 0.6 is 11.8 Å². The normalized spacial score (nSPS) is 25.8. The standard InChI is InChI=1S/C16H27NO3S/c18-14(17-12-13-7-3-6-10-21-13)11-16(15(19)20)8-4-1-2-5-9-16/h13H,1-12H2,(H,17,18)(H,19,20). The Bertz CT molecular complexity index is 359. The summed E-state index contributed by atoms with van der Waals surface area (Å²) in [5, 5.41) is 13.1. The van der Waals surface area contributed by atoms with Crippen molar-refractivity contribution in [3.8, 4) is 0 Å². The van der Waals surface area contributed by atoms with Gasteiger partial charge in [0, 0.05) is 18.2 Å². The fourth-order valence-corrected chi connectivity index (χ4v) is 4.68. The summed E-state index contributed by atoms with van der Waals surface area (Å²) in [6.07, 6.45) is 9.17. The van der Waals surface area contributed by atoms with E-state index >= 15 is 0 Å². The Morgan fingerprint density at radius 2 is 1.81 bits per heavy atom. The summed E-state index contributed by atoms with van der Waals surface area (Å²) in [5.41, 5.74) is -0.819. The second-order valence-electron chi connectivity index (χ2n) is 6.47. The van der Waals surface area contributed by atoms with Gasteiger partial charge in [-0.25, -0.2) is 0 Å². The van der Waals surface area contributed by atoms with E-state index in [1.807, 2.05) is 11.8 Å². The number of carboxylic acids is 1. The number of carbonyl (C=O) groups excluding carboxylic acids is 1. The van der Waals surface area contributed by atoms with Crippen molar-refractivity contribution in [3.05, 3.63) is 0 Å². The summed E-state index contributed by atoms with van der Waals surface area (Å²) in [7, 11) is 0. The highest BCUT2D eigenvalue weighted by molar-refractivity contribution is 7.99. The van der Waals surface area contributed by atoms with Crippen LogP contribution in [0.15, 0.2) is 0 Å². The minimum absolute atomic E-state index is 0.0783. The number of carbonyl (C=O) groups is 2. The first-order chi connectivity index (χ1) is 10.1. The third kappa shape index (κ3) is 4.90. The molecule has 0 aromatic carbocycles. The van der Waals surface area contributed by atoms with Gasteiger partial charge in [0.25, 0.3) is 0 Å². The highest BCUT2D eigenvalue weighted by Crippen LogP contribution is 2.38. The smallest absolute Gasteiger partial charge is 0.310 e. The molecule has 2 aliphatic rings. The van der Waals surface area contributed by atoms with Crippen LogP contribution < -0.4 is 5.32 Å². The van der Waals surface area contributed by atoms with Crippen molar-refractivity contribution in [1.82, 2.24) is 5.32 Å². The molecule has 1 saturated carbocycles. The van der Waals surface area contributed by atoms with E-state index in [0.29, 0.717) is 24.6 Å². The van der Waals surface area contributed by atoms with Crippen LogP contribution in [-0.2, 0) is 9.59 Å². The van der Waals surface area contributed by atoms with E-state index in [2.05, 4.69) is 5.32 Å². The zero-order valence-electron chi connectivity index (χ0n) is 12.7. The Morgan fingerprint density at radius 1 is 1.10 bits per heavy atom. The van der Waals surface area contributed by atoms with Crippen molar-refractivity contribution in [1.29, 1.82) is 0 Å². The molecule has 2 rings (SSSR count). The Kier molecular flexibility index (Phi) is 6.40. The number of nitrogens with one attached hydrogen (secondary N) is 1. The summed E-state index contributed by atoms with van der Waals surface area (Å²) in [5.74, 6) is 0.316. The Balaban J connectivity index is 1.84. The molecule has 4 nitrogen and oxygen atoms in total. The van der Waals surface area contributed by atoms with Crippen LogP contribution in [0, 0.1) is 5.41 Å². The van der Waals surface area contributed by atoms with Gasteiger partial charge in [0.15, 0.2) is 0 Å². The van der Waals surface area contributed by atoms with Gasteiger partial charge in [0.05, 0.1) is 5.41 Å². The maximum Gasteiger partial charge on any atom is 0.310 e. The number of thioether (sulfide) groups is 1. The Hall–Kier alpha value is -0.710. The fraction of sp³-hybridized carbons (Fsp3) is 0.875. The van der Waals surface area contributed by atoms with Crippen molar-refractivity contribution in [2.75, 3.05) is 12.3 Å². The molecule has 2 N–H and O–H groups in total. The molecule has 5 heteroatoms. The van der Waals surface area contributed by atoms with E-state index in [0.717, 1.165) is 32.1 Å². The molecular weight excluding hydrogens is 286 g/mol. The van der Waals surface area contributed by atoms with Crippen LogP contribution in [0.3, 0.4) is 0 Å². The summed E-state index contributed by atoms with van der Waals surface area (Å²) >= 11 is 1.93. The lowest BCUT2D eigenvalue weighted by Crippen LogP contribution is -2.39. The number of carboxylic acid groups (broad SMARTS) is 1. The maximum absolute atomic E-state index is 12.2. The summed E-state index contributed by atoms with van der Waals surface area (Å²) in [6, 6.07) is 0. The van der Waals surface area contributed by atoms with Crippen LogP contribution in [0.5, 0.6) is 0 Å². The van der Waals surface area contributed by atoms with E-state index in [1.165, 1.54) is 18.6 Å². The topological polar surface area (TPSA) is 66.4 Å². The minimum atomic E-state index is -0.819. The molecule has 1 unspecified atom stereocenters. The van der Waals surface area contributed by atoms with E-state index in [9.17, 15) is 14.7 Å². The molecule has 120 valence electrons. The average molecular weight is 313 g/mol. The monoisotopic (exact) mass is 313 g/mol. The molecule has 1 aliphatic carbocycles. The van der Waals surface area contributed by atoms with Gasteiger partial charge in [-0.05, 0) is 31.4 Å². The SMILES string of the molecule is O=C(CC1(C(=O)O)CCCCCC1)NCC1CCCCS1. The molecule has 0 spiro atoms. The Morgan fingerprint density at radius 3 is 2.38 bits per heavy atom. The lowest BCUT2D eigenvalue weighted by molar-refractivity contribution is -0.152. The molecular formula is C16H27NO3S.